The SMILES string of the molecule is O=C(O)C(c1cccnc1)N1CCN(c2ccc(F)cc2)CC1. The van der Waals surface area contributed by atoms with Crippen molar-refractivity contribution in [3.63, 3.8) is 0 Å². The number of aliphatic carboxylic acids is 1. The first-order chi connectivity index (χ1) is 11.1. The zero-order valence-electron chi connectivity index (χ0n) is 12.6. The zero-order valence-corrected chi connectivity index (χ0v) is 12.6. The van der Waals surface area contributed by atoms with E-state index in [4.69, 9.17) is 0 Å². The van der Waals surface area contributed by atoms with Crippen molar-refractivity contribution in [1.29, 1.82) is 0 Å². The summed E-state index contributed by atoms with van der Waals surface area (Å²) in [5.41, 5.74) is 1.65. The number of piperazine rings is 1. The molecular weight excluding hydrogens is 297 g/mol. The molecule has 2 heterocycles. The third-order valence-corrected chi connectivity index (χ3v) is 4.11. The maximum Gasteiger partial charge on any atom is 0.325 e. The van der Waals surface area contributed by atoms with Gasteiger partial charge in [-0.1, -0.05) is 6.07 Å². The summed E-state index contributed by atoms with van der Waals surface area (Å²) in [6.07, 6.45) is 3.24. The molecule has 5 nitrogen and oxygen atoms in total. The first-order valence-electron chi connectivity index (χ1n) is 7.52. The highest BCUT2D eigenvalue weighted by Gasteiger charge is 2.30. The molecule has 3 rings (SSSR count). The summed E-state index contributed by atoms with van der Waals surface area (Å²) in [5, 5.41) is 9.57. The van der Waals surface area contributed by atoms with Crippen LogP contribution < -0.4 is 4.90 Å². The molecule has 2 aromatic rings. The van der Waals surface area contributed by atoms with Crippen LogP contribution in [0.15, 0.2) is 48.8 Å². The van der Waals surface area contributed by atoms with Gasteiger partial charge in [0.25, 0.3) is 0 Å². The second kappa shape index (κ2) is 6.75. The summed E-state index contributed by atoms with van der Waals surface area (Å²) in [4.78, 5) is 19.8. The Hall–Kier alpha value is -2.47. The molecule has 0 saturated carbocycles. The molecule has 1 aromatic heterocycles. The van der Waals surface area contributed by atoms with Crippen molar-refractivity contribution in [1.82, 2.24) is 9.88 Å². The number of benzene rings is 1. The van der Waals surface area contributed by atoms with Crippen molar-refractivity contribution in [2.75, 3.05) is 31.1 Å². The first kappa shape index (κ1) is 15.4. The second-order valence-corrected chi connectivity index (χ2v) is 5.53. The van der Waals surface area contributed by atoms with Crippen LogP contribution in [-0.4, -0.2) is 47.1 Å². The van der Waals surface area contributed by atoms with E-state index in [1.165, 1.54) is 12.1 Å². The van der Waals surface area contributed by atoms with E-state index in [0.29, 0.717) is 31.7 Å². The van der Waals surface area contributed by atoms with Gasteiger partial charge in [-0.3, -0.25) is 14.7 Å². The molecule has 0 amide bonds. The number of nitrogens with zero attached hydrogens (tertiary/aromatic N) is 3. The molecule has 1 fully saturated rings. The summed E-state index contributed by atoms with van der Waals surface area (Å²) < 4.78 is 13.0. The van der Waals surface area contributed by atoms with Crippen molar-refractivity contribution >= 4 is 11.7 Å². The molecule has 0 bridgehead atoms. The number of hydrogen-bond acceptors (Lipinski definition) is 4. The second-order valence-electron chi connectivity index (χ2n) is 5.53. The highest BCUT2D eigenvalue weighted by molar-refractivity contribution is 5.75. The predicted octanol–water partition coefficient (Wildman–Crippen LogP) is 2.17. The minimum Gasteiger partial charge on any atom is -0.480 e. The number of hydrogen-bond donors (Lipinski definition) is 1. The molecule has 1 aliphatic rings. The molecule has 1 atom stereocenters. The number of aromatic nitrogens is 1. The number of halogens is 1. The van der Waals surface area contributed by atoms with Gasteiger partial charge in [0.1, 0.15) is 11.9 Å². The third kappa shape index (κ3) is 3.48. The Morgan fingerprint density at radius 1 is 1.13 bits per heavy atom. The Balaban J connectivity index is 1.69. The van der Waals surface area contributed by atoms with E-state index in [9.17, 15) is 14.3 Å². The summed E-state index contributed by atoms with van der Waals surface area (Å²) in [6, 6.07) is 9.24. The van der Waals surface area contributed by atoms with Crippen molar-refractivity contribution in [2.24, 2.45) is 0 Å². The Morgan fingerprint density at radius 3 is 2.39 bits per heavy atom. The smallest absolute Gasteiger partial charge is 0.325 e. The Bertz CT molecular complexity index is 655. The Kier molecular flexibility index (Phi) is 4.52. The molecule has 1 saturated heterocycles. The van der Waals surface area contributed by atoms with Crippen molar-refractivity contribution in [2.45, 2.75) is 6.04 Å². The Morgan fingerprint density at radius 2 is 1.83 bits per heavy atom. The number of rotatable bonds is 4. The van der Waals surface area contributed by atoms with E-state index in [1.807, 2.05) is 4.90 Å². The lowest BCUT2D eigenvalue weighted by Crippen LogP contribution is -2.49. The number of pyridine rings is 1. The van der Waals surface area contributed by atoms with Crippen molar-refractivity contribution in [3.05, 3.63) is 60.2 Å². The van der Waals surface area contributed by atoms with Gasteiger partial charge in [-0.2, -0.15) is 0 Å². The summed E-state index contributed by atoms with van der Waals surface area (Å²) in [5.74, 6) is -1.12. The van der Waals surface area contributed by atoms with Crippen LogP contribution in [0.2, 0.25) is 0 Å². The molecule has 0 spiro atoms. The normalized spacial score (nSPS) is 17.0. The Labute approximate surface area is 134 Å². The minimum atomic E-state index is -0.867. The quantitative estimate of drug-likeness (QED) is 0.937. The number of anilines is 1. The molecule has 1 aliphatic heterocycles. The molecule has 6 heteroatoms. The van der Waals surface area contributed by atoms with Crippen LogP contribution in [0.4, 0.5) is 10.1 Å². The fourth-order valence-electron chi connectivity index (χ4n) is 2.94. The van der Waals surface area contributed by atoms with Crippen LogP contribution in [-0.2, 0) is 4.79 Å². The van der Waals surface area contributed by atoms with Crippen LogP contribution in [0, 0.1) is 5.82 Å². The molecular formula is C17H18FN3O2. The van der Waals surface area contributed by atoms with Gasteiger partial charge in [0, 0.05) is 44.3 Å². The number of carboxylic acid groups (broad SMARTS) is 1. The fourth-order valence-corrected chi connectivity index (χ4v) is 2.94. The lowest BCUT2D eigenvalue weighted by molar-refractivity contribution is -0.143. The van der Waals surface area contributed by atoms with Gasteiger partial charge in [0.2, 0.25) is 0 Å². The fraction of sp³-hybridized carbons (Fsp3) is 0.294. The molecule has 23 heavy (non-hydrogen) atoms. The maximum atomic E-state index is 13.0. The monoisotopic (exact) mass is 315 g/mol. The van der Waals surface area contributed by atoms with Crippen LogP contribution in [0.5, 0.6) is 0 Å². The topological polar surface area (TPSA) is 56.7 Å². The minimum absolute atomic E-state index is 0.255. The average Bonchev–Trinajstić information content (AvgIpc) is 2.57. The molecule has 0 radical (unpaired) electrons. The largest absolute Gasteiger partial charge is 0.480 e. The van der Waals surface area contributed by atoms with E-state index in [-0.39, 0.29) is 5.82 Å². The van der Waals surface area contributed by atoms with Gasteiger partial charge in [0.05, 0.1) is 0 Å². The van der Waals surface area contributed by atoms with Gasteiger partial charge in [-0.05, 0) is 35.9 Å². The van der Waals surface area contributed by atoms with E-state index in [0.717, 1.165) is 5.69 Å². The van der Waals surface area contributed by atoms with Gasteiger partial charge in [-0.25, -0.2) is 4.39 Å². The summed E-state index contributed by atoms with van der Waals surface area (Å²) in [7, 11) is 0. The van der Waals surface area contributed by atoms with Gasteiger partial charge in [0.15, 0.2) is 0 Å². The number of carbonyl (C=O) groups is 1. The molecule has 1 N–H and O–H groups in total. The highest BCUT2D eigenvalue weighted by Crippen LogP contribution is 2.24. The molecule has 0 aliphatic carbocycles. The van der Waals surface area contributed by atoms with Gasteiger partial charge < -0.3 is 10.0 Å². The summed E-state index contributed by atoms with van der Waals surface area (Å²) in [6.45, 7) is 2.66. The van der Waals surface area contributed by atoms with Crippen LogP contribution >= 0.6 is 0 Å². The van der Waals surface area contributed by atoms with Gasteiger partial charge in [-0.15, -0.1) is 0 Å². The van der Waals surface area contributed by atoms with Crippen molar-refractivity contribution in [3.8, 4) is 0 Å². The van der Waals surface area contributed by atoms with E-state index >= 15 is 0 Å². The van der Waals surface area contributed by atoms with Crippen LogP contribution in [0.3, 0.4) is 0 Å². The van der Waals surface area contributed by atoms with E-state index in [1.54, 1.807) is 36.7 Å². The van der Waals surface area contributed by atoms with E-state index in [2.05, 4.69) is 9.88 Å². The molecule has 1 unspecified atom stereocenters. The lowest BCUT2D eigenvalue weighted by Gasteiger charge is -2.38. The van der Waals surface area contributed by atoms with E-state index < -0.39 is 12.0 Å². The third-order valence-electron chi connectivity index (χ3n) is 4.11. The lowest BCUT2D eigenvalue weighted by atomic mass is 10.1. The number of carboxylic acids is 1. The van der Waals surface area contributed by atoms with Crippen molar-refractivity contribution < 1.29 is 14.3 Å². The highest BCUT2D eigenvalue weighted by atomic mass is 19.1. The van der Waals surface area contributed by atoms with Crippen LogP contribution in [0.25, 0.3) is 0 Å². The zero-order chi connectivity index (χ0) is 16.2. The summed E-state index contributed by atoms with van der Waals surface area (Å²) >= 11 is 0. The first-order valence-corrected chi connectivity index (χ1v) is 7.52. The van der Waals surface area contributed by atoms with Gasteiger partial charge >= 0.3 is 5.97 Å². The predicted molar refractivity (Wildman–Crippen MR) is 84.8 cm³/mol. The standard InChI is InChI=1S/C17H18FN3O2/c18-14-3-5-15(6-4-14)20-8-10-21(11-9-20)16(17(22)23)13-2-1-7-19-12-13/h1-7,12,16H,8-11H2,(H,22,23). The average molecular weight is 315 g/mol. The molecule has 120 valence electrons. The molecule has 1 aromatic carbocycles. The maximum absolute atomic E-state index is 13.0. The van der Waals surface area contributed by atoms with Crippen LogP contribution in [0.1, 0.15) is 11.6 Å².